The predicted octanol–water partition coefficient (Wildman–Crippen LogP) is 2.64. The second kappa shape index (κ2) is 6.40. The number of nitrogens with one attached hydrogen (secondary N) is 2. The highest BCUT2D eigenvalue weighted by Crippen LogP contribution is 2.21. The Labute approximate surface area is 140 Å². The number of benzene rings is 1. The van der Waals surface area contributed by atoms with Crippen molar-refractivity contribution >= 4 is 22.6 Å². The largest absolute Gasteiger partial charge is 0.436 e. The van der Waals surface area contributed by atoms with Gasteiger partial charge in [0.25, 0.3) is 5.91 Å². The zero-order chi connectivity index (χ0) is 18.1. The van der Waals surface area contributed by atoms with Gasteiger partial charge in [-0.15, -0.1) is 0 Å². The molecule has 6 nitrogen and oxygen atoms in total. The molecule has 0 saturated carbocycles. The molecule has 0 atom stereocenters. The number of anilines is 1. The maximum atomic E-state index is 13.2. The summed E-state index contributed by atoms with van der Waals surface area (Å²) in [6, 6.07) is 4.32. The smallest absolute Gasteiger partial charge is 0.261 e. The Hall–Kier alpha value is -3.13. The molecule has 3 N–H and O–H groups in total. The summed E-state index contributed by atoms with van der Waals surface area (Å²) in [6.45, 7) is 1.36. The minimum atomic E-state index is -1.10. The van der Waals surface area contributed by atoms with Gasteiger partial charge in [0.2, 0.25) is 5.55 Å². The summed E-state index contributed by atoms with van der Waals surface area (Å²) in [4.78, 5) is 16.4. The van der Waals surface area contributed by atoms with Crippen LogP contribution in [0, 0.1) is 24.0 Å². The van der Waals surface area contributed by atoms with Crippen LogP contribution in [0.4, 0.5) is 14.5 Å². The molecule has 2 heterocycles. The number of carbonyl (C=O) groups is 1. The summed E-state index contributed by atoms with van der Waals surface area (Å²) in [5, 5.41) is 20.1. The Morgan fingerprint density at radius 1 is 1.32 bits per heavy atom. The minimum Gasteiger partial charge on any atom is -0.436 e. The van der Waals surface area contributed by atoms with E-state index in [1.54, 1.807) is 6.92 Å². The Morgan fingerprint density at radius 3 is 2.76 bits per heavy atom. The topological polar surface area (TPSA) is 99.2 Å². The first-order valence-corrected chi connectivity index (χ1v) is 7.25. The number of aliphatic hydroxyl groups is 1. The van der Waals surface area contributed by atoms with Gasteiger partial charge in [-0.3, -0.25) is 15.2 Å². The minimum absolute atomic E-state index is 0.0386. The van der Waals surface area contributed by atoms with Crippen LogP contribution in [0.2, 0.25) is 0 Å². The van der Waals surface area contributed by atoms with Gasteiger partial charge < -0.3 is 14.8 Å². The molecule has 0 aliphatic rings. The highest BCUT2D eigenvalue weighted by atomic mass is 19.2. The van der Waals surface area contributed by atoms with Crippen LogP contribution in [0.1, 0.15) is 21.6 Å². The van der Waals surface area contributed by atoms with Gasteiger partial charge in [0.15, 0.2) is 17.2 Å². The number of hydrogen-bond acceptors (Lipinski definition) is 5. The molecule has 0 bridgehead atoms. The Kier molecular flexibility index (Phi) is 4.28. The van der Waals surface area contributed by atoms with Crippen molar-refractivity contribution in [2.24, 2.45) is 0 Å². The molecule has 0 unspecified atom stereocenters. The Balaban J connectivity index is 2.05. The molecule has 0 saturated heterocycles. The van der Waals surface area contributed by atoms with Gasteiger partial charge in [-0.2, -0.15) is 0 Å². The summed E-state index contributed by atoms with van der Waals surface area (Å²) >= 11 is 0. The highest BCUT2D eigenvalue weighted by molar-refractivity contribution is 6.05. The first-order valence-electron chi connectivity index (χ1n) is 7.25. The van der Waals surface area contributed by atoms with Crippen LogP contribution in [0.25, 0.3) is 11.0 Å². The zero-order valence-electron chi connectivity index (χ0n) is 13.1. The van der Waals surface area contributed by atoms with E-state index in [-0.39, 0.29) is 17.9 Å². The molecule has 0 spiro atoms. The van der Waals surface area contributed by atoms with Crippen molar-refractivity contribution in [3.63, 3.8) is 0 Å². The first kappa shape index (κ1) is 16.7. The molecular weight excluding hydrogens is 332 g/mol. The number of rotatable bonds is 3. The number of hydrogen-bond donors (Lipinski definition) is 3. The van der Waals surface area contributed by atoms with Gasteiger partial charge in [0, 0.05) is 28.9 Å². The van der Waals surface area contributed by atoms with Crippen LogP contribution >= 0.6 is 0 Å². The third-order valence-corrected chi connectivity index (χ3v) is 3.66. The summed E-state index contributed by atoms with van der Waals surface area (Å²) in [5.41, 5.74) is 0.752. The van der Waals surface area contributed by atoms with Crippen molar-refractivity contribution in [3.8, 4) is 0 Å². The Bertz CT molecular complexity index is 1050. The van der Waals surface area contributed by atoms with Gasteiger partial charge in [-0.25, -0.2) is 8.78 Å². The third-order valence-electron chi connectivity index (χ3n) is 3.66. The number of aromatic nitrogens is 1. The number of pyridine rings is 1. The van der Waals surface area contributed by atoms with E-state index in [4.69, 9.17) is 9.83 Å². The lowest BCUT2D eigenvalue weighted by molar-refractivity contribution is 0.102. The van der Waals surface area contributed by atoms with Crippen molar-refractivity contribution in [3.05, 3.63) is 64.5 Å². The number of halogens is 2. The van der Waals surface area contributed by atoms with Crippen LogP contribution in [-0.2, 0) is 6.61 Å². The summed E-state index contributed by atoms with van der Waals surface area (Å²) in [6.07, 6.45) is 1.45. The van der Waals surface area contributed by atoms with Gasteiger partial charge in [-0.1, -0.05) is 0 Å². The van der Waals surface area contributed by atoms with E-state index in [1.165, 1.54) is 18.3 Å². The second-order valence-corrected chi connectivity index (χ2v) is 5.34. The second-order valence-electron chi connectivity index (χ2n) is 5.34. The van der Waals surface area contributed by atoms with E-state index in [2.05, 4.69) is 10.3 Å². The average Bonchev–Trinajstić information content (AvgIpc) is 2.58. The quantitative estimate of drug-likeness (QED) is 0.679. The molecule has 3 rings (SSSR count). The fraction of sp³-hybridized carbons (Fsp3) is 0.118. The fourth-order valence-electron chi connectivity index (χ4n) is 2.36. The van der Waals surface area contributed by atoms with E-state index < -0.39 is 23.1 Å². The van der Waals surface area contributed by atoms with Crippen LogP contribution < -0.4 is 10.9 Å². The third kappa shape index (κ3) is 3.11. The molecule has 128 valence electrons. The number of fused-ring (bicyclic) bond motifs is 1. The summed E-state index contributed by atoms with van der Waals surface area (Å²) in [5.74, 6) is -2.85. The van der Waals surface area contributed by atoms with Gasteiger partial charge in [0.1, 0.15) is 5.56 Å². The summed E-state index contributed by atoms with van der Waals surface area (Å²) in [7, 11) is 0. The van der Waals surface area contributed by atoms with Crippen molar-refractivity contribution < 1.29 is 23.1 Å². The molecule has 0 aliphatic heterocycles. The van der Waals surface area contributed by atoms with Crippen molar-refractivity contribution in [2.45, 2.75) is 13.5 Å². The standard InChI is InChI=1S/C17H13F2N3O3/c1-8-15-11(9(7-23)6-21-8)5-12(16(20)25-15)17(24)22-10-2-3-13(18)14(19)4-10/h2-6,20,23H,7H2,1H3,(H,22,24). The van der Waals surface area contributed by atoms with Gasteiger partial charge in [-0.05, 0) is 25.1 Å². The number of nitrogens with zero attached hydrogens (tertiary/aromatic N) is 1. The van der Waals surface area contributed by atoms with Crippen molar-refractivity contribution in [1.82, 2.24) is 4.98 Å². The van der Waals surface area contributed by atoms with E-state index in [9.17, 15) is 18.7 Å². The van der Waals surface area contributed by atoms with Crippen LogP contribution in [0.5, 0.6) is 0 Å². The lowest BCUT2D eigenvalue weighted by atomic mass is 10.1. The number of amides is 1. The molecular formula is C17H13F2N3O3. The average molecular weight is 345 g/mol. The Morgan fingerprint density at radius 2 is 2.08 bits per heavy atom. The lowest BCUT2D eigenvalue weighted by Crippen LogP contribution is -2.21. The summed E-state index contributed by atoms with van der Waals surface area (Å²) < 4.78 is 31.6. The van der Waals surface area contributed by atoms with Crippen LogP contribution in [0.3, 0.4) is 0 Å². The van der Waals surface area contributed by atoms with E-state index in [1.807, 2.05) is 0 Å². The van der Waals surface area contributed by atoms with E-state index in [0.717, 1.165) is 12.1 Å². The molecule has 1 amide bonds. The molecule has 2 aromatic heterocycles. The SMILES string of the molecule is Cc1ncc(CO)c2cc(C(=O)Nc3ccc(F)c(F)c3)c(=N)oc12. The maximum Gasteiger partial charge on any atom is 0.261 e. The van der Waals surface area contributed by atoms with Crippen LogP contribution in [0.15, 0.2) is 34.9 Å². The first-order chi connectivity index (χ1) is 11.9. The van der Waals surface area contributed by atoms with Crippen molar-refractivity contribution in [1.29, 1.82) is 5.41 Å². The van der Waals surface area contributed by atoms with Gasteiger partial charge >= 0.3 is 0 Å². The normalized spacial score (nSPS) is 10.9. The fourth-order valence-corrected chi connectivity index (χ4v) is 2.36. The number of carbonyl (C=O) groups excluding carboxylic acids is 1. The molecule has 1 aromatic carbocycles. The molecule has 0 radical (unpaired) electrons. The highest BCUT2D eigenvalue weighted by Gasteiger charge is 2.16. The molecule has 0 fully saturated rings. The monoisotopic (exact) mass is 345 g/mol. The van der Waals surface area contributed by atoms with E-state index >= 15 is 0 Å². The predicted molar refractivity (Wildman–Crippen MR) is 84.8 cm³/mol. The zero-order valence-corrected chi connectivity index (χ0v) is 13.1. The maximum absolute atomic E-state index is 13.2. The van der Waals surface area contributed by atoms with Crippen molar-refractivity contribution in [2.75, 3.05) is 5.32 Å². The lowest BCUT2D eigenvalue weighted by Gasteiger charge is -2.09. The van der Waals surface area contributed by atoms with E-state index in [0.29, 0.717) is 22.2 Å². The van der Waals surface area contributed by atoms with Gasteiger partial charge in [0.05, 0.1) is 12.3 Å². The number of aliphatic hydroxyl groups excluding tert-OH is 1. The molecule has 3 aromatic rings. The van der Waals surface area contributed by atoms with Crippen LogP contribution in [-0.4, -0.2) is 16.0 Å². The number of aryl methyl sites for hydroxylation is 1. The molecule has 8 heteroatoms. The molecule has 0 aliphatic carbocycles. The molecule has 25 heavy (non-hydrogen) atoms.